The maximum Gasteiger partial charge on any atom is 0.341 e. The number of esters is 1. The molecule has 1 aromatic carbocycles. The van der Waals surface area contributed by atoms with Crippen molar-refractivity contribution in [2.24, 2.45) is 0 Å². The first kappa shape index (κ1) is 16.2. The van der Waals surface area contributed by atoms with E-state index < -0.39 is 5.97 Å². The van der Waals surface area contributed by atoms with Gasteiger partial charge in [0.05, 0.1) is 27.9 Å². The monoisotopic (exact) mass is 344 g/mol. The van der Waals surface area contributed by atoms with Gasteiger partial charge in [0.2, 0.25) is 0 Å². The lowest BCUT2D eigenvalue weighted by atomic mass is 10.2. The third-order valence-corrected chi connectivity index (χ3v) is 4.81. The van der Waals surface area contributed by atoms with Crippen LogP contribution >= 0.6 is 11.3 Å². The maximum atomic E-state index is 12.1. The molecule has 0 aliphatic carbocycles. The predicted octanol–water partition coefficient (Wildman–Crippen LogP) is 3.21. The van der Waals surface area contributed by atoms with Crippen molar-refractivity contribution in [1.29, 1.82) is 0 Å². The summed E-state index contributed by atoms with van der Waals surface area (Å²) in [5, 5.41) is 3.76. The number of nitrogens with zero attached hydrogens (tertiary/aromatic N) is 1. The summed E-state index contributed by atoms with van der Waals surface area (Å²) in [4.78, 5) is 28.1. The van der Waals surface area contributed by atoms with E-state index in [1.54, 1.807) is 11.3 Å². The van der Waals surface area contributed by atoms with Gasteiger partial charge < -0.3 is 14.5 Å². The first-order valence-corrected chi connectivity index (χ1v) is 8.20. The molecule has 3 aromatic rings. The lowest BCUT2D eigenvalue weighted by Gasteiger charge is -2.08. The second kappa shape index (κ2) is 6.84. The van der Waals surface area contributed by atoms with E-state index in [1.165, 1.54) is 19.4 Å². The molecule has 0 bridgehead atoms. The van der Waals surface area contributed by atoms with E-state index in [0.29, 0.717) is 6.54 Å². The number of thiazole rings is 1. The Balaban J connectivity index is 1.63. The van der Waals surface area contributed by atoms with Crippen molar-refractivity contribution in [2.45, 2.75) is 12.8 Å². The molecule has 7 heteroatoms. The average molecular weight is 344 g/mol. The molecule has 0 aliphatic heterocycles. The number of amides is 1. The van der Waals surface area contributed by atoms with Crippen LogP contribution in [0.25, 0.3) is 10.2 Å². The zero-order chi connectivity index (χ0) is 17.1. The Morgan fingerprint density at radius 2 is 2.17 bits per heavy atom. The van der Waals surface area contributed by atoms with Gasteiger partial charge >= 0.3 is 5.97 Å². The SMILES string of the molecule is COC(=O)c1coc(C(=O)NC[C@@H](C)c2nc3ccccc3s2)c1. The van der Waals surface area contributed by atoms with Gasteiger partial charge in [-0.3, -0.25) is 4.79 Å². The molecule has 1 atom stereocenters. The Labute approximate surface area is 142 Å². The summed E-state index contributed by atoms with van der Waals surface area (Å²) >= 11 is 1.62. The van der Waals surface area contributed by atoms with Crippen molar-refractivity contribution in [2.75, 3.05) is 13.7 Å². The van der Waals surface area contributed by atoms with Crippen LogP contribution in [0.15, 0.2) is 41.0 Å². The lowest BCUT2D eigenvalue weighted by Crippen LogP contribution is -2.27. The van der Waals surface area contributed by atoms with Crippen LogP contribution in [0.1, 0.15) is 38.8 Å². The third kappa shape index (κ3) is 3.30. The fraction of sp³-hybridized carbons (Fsp3) is 0.235. The van der Waals surface area contributed by atoms with Gasteiger partial charge in [0.1, 0.15) is 6.26 Å². The highest BCUT2D eigenvalue weighted by Gasteiger charge is 2.17. The highest BCUT2D eigenvalue weighted by Crippen LogP contribution is 2.26. The van der Waals surface area contributed by atoms with E-state index in [2.05, 4.69) is 15.0 Å². The largest absolute Gasteiger partial charge is 0.465 e. The van der Waals surface area contributed by atoms with Crippen LogP contribution in [-0.4, -0.2) is 30.5 Å². The fourth-order valence-electron chi connectivity index (χ4n) is 2.20. The van der Waals surface area contributed by atoms with Crippen LogP contribution in [0, 0.1) is 0 Å². The van der Waals surface area contributed by atoms with Crippen molar-refractivity contribution in [1.82, 2.24) is 10.3 Å². The highest BCUT2D eigenvalue weighted by molar-refractivity contribution is 7.18. The number of hydrogen-bond donors (Lipinski definition) is 1. The average Bonchev–Trinajstić information content (AvgIpc) is 3.25. The highest BCUT2D eigenvalue weighted by atomic mass is 32.1. The van der Waals surface area contributed by atoms with Gasteiger partial charge in [-0.25, -0.2) is 9.78 Å². The minimum atomic E-state index is -0.541. The van der Waals surface area contributed by atoms with Gasteiger partial charge in [0.15, 0.2) is 5.76 Å². The Hall–Kier alpha value is -2.67. The molecule has 0 spiro atoms. The predicted molar refractivity (Wildman–Crippen MR) is 90.4 cm³/mol. The van der Waals surface area contributed by atoms with E-state index in [1.807, 2.05) is 31.2 Å². The van der Waals surface area contributed by atoms with Gasteiger partial charge in [-0.05, 0) is 12.1 Å². The quantitative estimate of drug-likeness (QED) is 0.719. The zero-order valence-corrected chi connectivity index (χ0v) is 14.1. The Kier molecular flexibility index (Phi) is 4.61. The molecular formula is C17H16N2O4S. The summed E-state index contributed by atoms with van der Waals surface area (Å²) in [7, 11) is 1.27. The number of carbonyl (C=O) groups excluding carboxylic acids is 2. The Morgan fingerprint density at radius 1 is 1.38 bits per heavy atom. The summed E-state index contributed by atoms with van der Waals surface area (Å²) in [6, 6.07) is 9.29. The number of nitrogens with one attached hydrogen (secondary N) is 1. The molecule has 24 heavy (non-hydrogen) atoms. The molecule has 0 saturated heterocycles. The molecule has 1 amide bonds. The van der Waals surface area contributed by atoms with Crippen LogP contribution in [-0.2, 0) is 4.74 Å². The molecule has 2 heterocycles. The summed E-state index contributed by atoms with van der Waals surface area (Å²) in [6.07, 6.45) is 1.21. The molecule has 0 radical (unpaired) electrons. The van der Waals surface area contributed by atoms with Crippen LogP contribution < -0.4 is 5.32 Å². The van der Waals surface area contributed by atoms with Gasteiger partial charge in [0, 0.05) is 18.5 Å². The zero-order valence-electron chi connectivity index (χ0n) is 13.2. The minimum absolute atomic E-state index is 0.0707. The first-order valence-electron chi connectivity index (χ1n) is 7.39. The van der Waals surface area contributed by atoms with Gasteiger partial charge in [-0.15, -0.1) is 11.3 Å². The number of carbonyl (C=O) groups is 2. The summed E-state index contributed by atoms with van der Waals surface area (Å²) in [5.74, 6) is -0.771. The van der Waals surface area contributed by atoms with Crippen molar-refractivity contribution in [3.63, 3.8) is 0 Å². The Bertz CT molecular complexity index is 850. The fourth-order valence-corrected chi connectivity index (χ4v) is 3.22. The molecule has 2 aromatic heterocycles. The molecule has 1 N–H and O–H groups in total. The maximum absolute atomic E-state index is 12.1. The lowest BCUT2D eigenvalue weighted by molar-refractivity contribution is 0.0599. The van der Waals surface area contributed by atoms with E-state index in [-0.39, 0.29) is 23.1 Å². The van der Waals surface area contributed by atoms with E-state index in [4.69, 9.17) is 4.42 Å². The van der Waals surface area contributed by atoms with Crippen LogP contribution in [0.5, 0.6) is 0 Å². The summed E-state index contributed by atoms with van der Waals surface area (Å²) in [5.41, 5.74) is 1.17. The van der Waals surface area contributed by atoms with Crippen molar-refractivity contribution in [3.05, 3.63) is 52.9 Å². The topological polar surface area (TPSA) is 81.4 Å². The number of ether oxygens (including phenoxy) is 1. The molecule has 0 unspecified atom stereocenters. The molecule has 0 saturated carbocycles. The van der Waals surface area contributed by atoms with Crippen LogP contribution in [0.4, 0.5) is 0 Å². The first-order chi connectivity index (χ1) is 11.6. The molecule has 6 nitrogen and oxygen atoms in total. The molecule has 0 fully saturated rings. The van der Waals surface area contributed by atoms with Crippen LogP contribution in [0.2, 0.25) is 0 Å². The van der Waals surface area contributed by atoms with Crippen molar-refractivity contribution >= 4 is 33.4 Å². The molecule has 3 rings (SSSR count). The molecular weight excluding hydrogens is 328 g/mol. The molecule has 124 valence electrons. The number of methoxy groups -OCH3 is 1. The second-order valence-corrected chi connectivity index (χ2v) is 6.38. The number of rotatable bonds is 5. The number of fused-ring (bicyclic) bond motifs is 1. The number of hydrogen-bond acceptors (Lipinski definition) is 6. The van der Waals surface area contributed by atoms with Gasteiger partial charge in [-0.2, -0.15) is 0 Å². The normalized spacial score (nSPS) is 12.1. The molecule has 0 aliphatic rings. The smallest absolute Gasteiger partial charge is 0.341 e. The van der Waals surface area contributed by atoms with Crippen molar-refractivity contribution in [3.8, 4) is 0 Å². The standard InChI is InChI=1S/C17H16N2O4S/c1-10(16-19-12-5-3-4-6-14(12)24-16)8-18-15(20)13-7-11(9-23-13)17(21)22-2/h3-7,9-10H,8H2,1-2H3,(H,18,20)/t10-/m1/s1. The van der Waals surface area contributed by atoms with E-state index in [0.717, 1.165) is 15.2 Å². The third-order valence-electron chi connectivity index (χ3n) is 3.55. The summed E-state index contributed by atoms with van der Waals surface area (Å²) < 4.78 is 10.8. The van der Waals surface area contributed by atoms with Gasteiger partial charge in [-0.1, -0.05) is 19.1 Å². The number of benzene rings is 1. The number of aromatic nitrogens is 1. The van der Waals surface area contributed by atoms with E-state index in [9.17, 15) is 9.59 Å². The van der Waals surface area contributed by atoms with E-state index >= 15 is 0 Å². The number of furan rings is 1. The van der Waals surface area contributed by atoms with Crippen molar-refractivity contribution < 1.29 is 18.7 Å². The summed E-state index contributed by atoms with van der Waals surface area (Å²) in [6.45, 7) is 2.42. The number of para-hydroxylation sites is 1. The van der Waals surface area contributed by atoms with Crippen LogP contribution in [0.3, 0.4) is 0 Å². The Morgan fingerprint density at radius 3 is 2.92 bits per heavy atom. The second-order valence-electron chi connectivity index (χ2n) is 5.32. The minimum Gasteiger partial charge on any atom is -0.465 e. The van der Waals surface area contributed by atoms with Gasteiger partial charge in [0.25, 0.3) is 5.91 Å².